The maximum atomic E-state index is 8.49. The largest absolute Gasteiger partial charge is 0.380 e. The fraction of sp³-hybridized carbons (Fsp3) is 0.522. The molecule has 1 aliphatic heterocycles. The second-order valence-corrected chi connectivity index (χ2v) is 8.49. The minimum absolute atomic E-state index is 0.0865. The van der Waals surface area contributed by atoms with Gasteiger partial charge in [0, 0.05) is 44.5 Å². The third kappa shape index (κ3) is 4.95. The average Bonchev–Trinajstić information content (AvgIpc) is 3.18. The van der Waals surface area contributed by atoms with Crippen LogP contribution in [0.2, 0.25) is 0 Å². The summed E-state index contributed by atoms with van der Waals surface area (Å²) in [7, 11) is 0. The van der Waals surface area contributed by atoms with E-state index in [-0.39, 0.29) is 17.4 Å². The van der Waals surface area contributed by atoms with Gasteiger partial charge in [0.2, 0.25) is 0 Å². The predicted molar refractivity (Wildman–Crippen MR) is 132 cm³/mol. The van der Waals surface area contributed by atoms with Gasteiger partial charge in [0.25, 0.3) is 0 Å². The molecule has 0 amide bonds. The molecule has 0 saturated carbocycles. The number of imidazole rings is 1. The quantitative estimate of drug-likeness (QED) is 0.263. The summed E-state index contributed by atoms with van der Waals surface area (Å²) in [6, 6.07) is 2.15. The summed E-state index contributed by atoms with van der Waals surface area (Å²) >= 11 is 0. The van der Waals surface area contributed by atoms with Crippen molar-refractivity contribution < 1.29 is 9.47 Å². The molecule has 0 aliphatic carbocycles. The fourth-order valence-corrected chi connectivity index (χ4v) is 3.95. The van der Waals surface area contributed by atoms with Crippen LogP contribution in [0, 0.1) is 10.8 Å². The zero-order valence-electron chi connectivity index (χ0n) is 20.3. The SMILES string of the molecule is CCOCCn1c(-c2cn(C(C)=N)c(=N)c(NC(C)C)n2)nc2cnc(N3CCOCC3)cc21. The van der Waals surface area contributed by atoms with E-state index in [0.717, 1.165) is 29.9 Å². The summed E-state index contributed by atoms with van der Waals surface area (Å²) in [5.41, 5.74) is 2.42. The lowest BCUT2D eigenvalue weighted by molar-refractivity contribution is 0.122. The van der Waals surface area contributed by atoms with Crippen LogP contribution in [0.3, 0.4) is 0 Å². The van der Waals surface area contributed by atoms with Gasteiger partial charge in [0.05, 0.1) is 31.5 Å². The molecule has 1 saturated heterocycles. The number of hydrogen-bond donors (Lipinski definition) is 3. The second-order valence-electron chi connectivity index (χ2n) is 8.49. The van der Waals surface area contributed by atoms with Crippen LogP contribution in [0.5, 0.6) is 0 Å². The molecule has 34 heavy (non-hydrogen) atoms. The lowest BCUT2D eigenvalue weighted by Gasteiger charge is -2.27. The molecule has 1 aliphatic rings. The van der Waals surface area contributed by atoms with E-state index < -0.39 is 0 Å². The van der Waals surface area contributed by atoms with Gasteiger partial charge in [-0.25, -0.2) is 15.0 Å². The highest BCUT2D eigenvalue weighted by Crippen LogP contribution is 2.26. The van der Waals surface area contributed by atoms with Gasteiger partial charge in [-0.1, -0.05) is 0 Å². The first kappa shape index (κ1) is 23.8. The summed E-state index contributed by atoms with van der Waals surface area (Å²) in [5.74, 6) is 2.18. The lowest BCUT2D eigenvalue weighted by Crippen LogP contribution is -2.36. The van der Waals surface area contributed by atoms with E-state index in [1.54, 1.807) is 19.3 Å². The summed E-state index contributed by atoms with van der Waals surface area (Å²) in [6.07, 6.45) is 3.49. The Morgan fingerprint density at radius 2 is 2.03 bits per heavy atom. The number of rotatable bonds is 8. The number of hydrogen-bond acceptors (Lipinski definition) is 9. The first-order valence-corrected chi connectivity index (χ1v) is 11.7. The van der Waals surface area contributed by atoms with Crippen LogP contribution in [0.4, 0.5) is 11.6 Å². The van der Waals surface area contributed by atoms with Crippen molar-refractivity contribution in [2.24, 2.45) is 0 Å². The molecule has 4 rings (SSSR count). The number of aromatic nitrogens is 5. The number of anilines is 2. The van der Waals surface area contributed by atoms with E-state index in [0.29, 0.717) is 50.3 Å². The van der Waals surface area contributed by atoms with Crippen LogP contribution >= 0.6 is 0 Å². The molecule has 0 bridgehead atoms. The predicted octanol–water partition coefficient (Wildman–Crippen LogP) is 2.31. The van der Waals surface area contributed by atoms with Crippen LogP contribution in [-0.2, 0) is 16.0 Å². The summed E-state index contributed by atoms with van der Waals surface area (Å²) < 4.78 is 14.7. The molecule has 3 aromatic heterocycles. The van der Waals surface area contributed by atoms with Crippen molar-refractivity contribution in [3.8, 4) is 11.5 Å². The highest BCUT2D eigenvalue weighted by molar-refractivity contribution is 5.83. The number of fused-ring (bicyclic) bond motifs is 1. The summed E-state index contributed by atoms with van der Waals surface area (Å²) in [6.45, 7) is 12.3. The number of pyridine rings is 1. The molecule has 0 spiro atoms. The van der Waals surface area contributed by atoms with Crippen molar-refractivity contribution in [1.82, 2.24) is 24.1 Å². The molecule has 1 fully saturated rings. The number of ether oxygens (including phenoxy) is 2. The van der Waals surface area contributed by atoms with E-state index >= 15 is 0 Å². The van der Waals surface area contributed by atoms with Gasteiger partial charge < -0.3 is 24.3 Å². The van der Waals surface area contributed by atoms with Gasteiger partial charge in [0.1, 0.15) is 22.9 Å². The van der Waals surface area contributed by atoms with Gasteiger partial charge in [0.15, 0.2) is 17.1 Å². The van der Waals surface area contributed by atoms with Crippen LogP contribution < -0.4 is 15.7 Å². The molecule has 0 atom stereocenters. The zero-order valence-corrected chi connectivity index (χ0v) is 20.3. The Kier molecular flexibility index (Phi) is 7.23. The van der Waals surface area contributed by atoms with Crippen LogP contribution in [0.1, 0.15) is 27.7 Å². The Morgan fingerprint density at radius 3 is 2.71 bits per heavy atom. The monoisotopic (exact) mass is 467 g/mol. The van der Waals surface area contributed by atoms with Crippen molar-refractivity contribution in [3.63, 3.8) is 0 Å². The molecular weight excluding hydrogens is 434 g/mol. The Balaban J connectivity index is 1.86. The Labute approximate surface area is 198 Å². The third-order valence-corrected chi connectivity index (χ3v) is 5.58. The highest BCUT2D eigenvalue weighted by Gasteiger charge is 2.20. The van der Waals surface area contributed by atoms with Crippen LogP contribution in [0.25, 0.3) is 22.6 Å². The Hall–Kier alpha value is -3.31. The zero-order chi connectivity index (χ0) is 24.2. The molecular formula is C23H33N9O2. The molecule has 0 unspecified atom stereocenters. The summed E-state index contributed by atoms with van der Waals surface area (Å²) in [5, 5.41) is 19.9. The Bertz CT molecular complexity index is 1230. The number of nitrogens with one attached hydrogen (secondary N) is 3. The molecule has 3 N–H and O–H groups in total. The van der Waals surface area contributed by atoms with E-state index in [9.17, 15) is 0 Å². The number of nitrogens with zero attached hydrogens (tertiary/aromatic N) is 6. The molecule has 0 aromatic carbocycles. The summed E-state index contributed by atoms with van der Waals surface area (Å²) in [4.78, 5) is 16.5. The smallest absolute Gasteiger partial charge is 0.173 e. The van der Waals surface area contributed by atoms with Crippen molar-refractivity contribution in [1.29, 1.82) is 10.8 Å². The van der Waals surface area contributed by atoms with Gasteiger partial charge in [-0.3, -0.25) is 15.4 Å². The maximum absolute atomic E-state index is 8.49. The normalized spacial score (nSPS) is 14.2. The molecule has 4 heterocycles. The molecule has 11 heteroatoms. The number of morpholine rings is 1. The van der Waals surface area contributed by atoms with Gasteiger partial charge in [-0.2, -0.15) is 0 Å². The average molecular weight is 468 g/mol. The minimum Gasteiger partial charge on any atom is -0.380 e. The molecule has 11 nitrogen and oxygen atoms in total. The van der Waals surface area contributed by atoms with Crippen molar-refractivity contribution in [3.05, 3.63) is 23.9 Å². The van der Waals surface area contributed by atoms with Gasteiger partial charge >= 0.3 is 0 Å². The third-order valence-electron chi connectivity index (χ3n) is 5.58. The van der Waals surface area contributed by atoms with E-state index in [1.807, 2.05) is 20.8 Å². The topological polar surface area (TPSA) is 130 Å². The van der Waals surface area contributed by atoms with Gasteiger partial charge in [-0.05, 0) is 27.7 Å². The first-order chi connectivity index (χ1) is 16.4. The highest BCUT2D eigenvalue weighted by atomic mass is 16.5. The second kappa shape index (κ2) is 10.3. The molecule has 0 radical (unpaired) electrons. The first-order valence-electron chi connectivity index (χ1n) is 11.7. The lowest BCUT2D eigenvalue weighted by atomic mass is 10.3. The standard InChI is InChI=1S/C23H33N9O2/c1-5-33-11-8-31-19-12-20(30-6-9-34-10-7-30)26-13-17(19)29-23(31)18-14-32(16(4)24)21(25)22(28-18)27-15(2)3/h12-15,24-25H,5-11H2,1-4H3,(H,27,28). The van der Waals surface area contributed by atoms with Gasteiger partial charge in [-0.15, -0.1) is 0 Å². The molecule has 182 valence electrons. The maximum Gasteiger partial charge on any atom is 0.173 e. The fourth-order valence-electron chi connectivity index (χ4n) is 3.95. The van der Waals surface area contributed by atoms with E-state index in [4.69, 9.17) is 30.3 Å². The van der Waals surface area contributed by atoms with Crippen molar-refractivity contribution >= 4 is 28.5 Å². The molecule has 3 aromatic rings. The van der Waals surface area contributed by atoms with Crippen molar-refractivity contribution in [2.75, 3.05) is 49.7 Å². The van der Waals surface area contributed by atoms with Crippen LogP contribution in [0.15, 0.2) is 18.5 Å². The van der Waals surface area contributed by atoms with Crippen molar-refractivity contribution in [2.45, 2.75) is 40.3 Å². The minimum atomic E-state index is 0.0865. The van der Waals surface area contributed by atoms with E-state index in [2.05, 4.69) is 25.8 Å². The van der Waals surface area contributed by atoms with Crippen LogP contribution in [-0.4, -0.2) is 75.5 Å². The Morgan fingerprint density at radius 1 is 1.26 bits per heavy atom. The van der Waals surface area contributed by atoms with E-state index in [1.165, 1.54) is 4.57 Å².